The lowest BCUT2D eigenvalue weighted by Crippen LogP contribution is -2.12. The molecule has 0 saturated carbocycles. The van der Waals surface area contributed by atoms with Gasteiger partial charge >= 0.3 is 7.60 Å². The molecule has 0 aliphatic rings. The quantitative estimate of drug-likeness (QED) is 0.270. The minimum absolute atomic E-state index is 0.219. The molecule has 5 nitrogen and oxygen atoms in total. The summed E-state index contributed by atoms with van der Waals surface area (Å²) in [5.41, 5.74) is 3.48. The molecule has 0 spiro atoms. The molecular weight excluding hydrogens is 425 g/mol. The first-order valence-corrected chi connectivity index (χ1v) is 9.45. The van der Waals surface area contributed by atoms with Crippen LogP contribution >= 0.6 is 41.8 Å². The van der Waals surface area contributed by atoms with Crippen LogP contribution in [0, 0.1) is 3.57 Å². The summed E-state index contributed by atoms with van der Waals surface area (Å²) < 4.78 is 24.5. The standard InChI is InChI=1S/C13H19ClIN2O3P/c1-9(2)19-21(18,20-10(3)4)13(14)17-16-12-7-5-11(15)6-8-12/h5-10,16H,1-4H3/b17-13-. The monoisotopic (exact) mass is 444 g/mol. The molecule has 0 amide bonds. The van der Waals surface area contributed by atoms with Crippen molar-refractivity contribution in [3.8, 4) is 0 Å². The van der Waals surface area contributed by atoms with Gasteiger partial charge in [-0.1, -0.05) is 11.6 Å². The Kier molecular flexibility index (Phi) is 7.64. The van der Waals surface area contributed by atoms with Crippen LogP contribution in [0.2, 0.25) is 0 Å². The summed E-state index contributed by atoms with van der Waals surface area (Å²) in [6.45, 7) is 7.03. The Labute approximate surface area is 144 Å². The van der Waals surface area contributed by atoms with Gasteiger partial charge in [0.1, 0.15) is 0 Å². The second-order valence-electron chi connectivity index (χ2n) is 4.81. The summed E-state index contributed by atoms with van der Waals surface area (Å²) >= 11 is 8.23. The molecule has 0 saturated heterocycles. The molecule has 118 valence electrons. The normalized spacial score (nSPS) is 13.0. The smallest absolute Gasteiger partial charge is 0.301 e. The highest BCUT2D eigenvalue weighted by Gasteiger charge is 2.34. The Bertz CT molecular complexity index is 521. The summed E-state index contributed by atoms with van der Waals surface area (Å²) in [7, 11) is -3.62. The van der Waals surface area contributed by atoms with Crippen molar-refractivity contribution in [1.82, 2.24) is 0 Å². The molecule has 1 N–H and O–H groups in total. The van der Waals surface area contributed by atoms with E-state index in [4.69, 9.17) is 20.6 Å². The molecule has 0 fully saturated rings. The maximum atomic E-state index is 12.7. The number of anilines is 1. The second-order valence-corrected chi connectivity index (χ2v) is 8.51. The van der Waals surface area contributed by atoms with Crippen LogP contribution in [-0.4, -0.2) is 17.1 Å². The van der Waals surface area contributed by atoms with Crippen molar-refractivity contribution in [1.29, 1.82) is 0 Å². The SMILES string of the molecule is CC(C)OP(=O)(OC(C)C)/C(Cl)=N\Nc1ccc(I)cc1. The number of benzene rings is 1. The van der Waals surface area contributed by atoms with E-state index in [1.54, 1.807) is 27.7 Å². The van der Waals surface area contributed by atoms with Gasteiger partial charge in [-0.2, -0.15) is 5.10 Å². The zero-order valence-corrected chi connectivity index (χ0v) is 16.1. The third-order valence-electron chi connectivity index (χ3n) is 2.05. The molecular formula is C13H19ClIN2O3P. The lowest BCUT2D eigenvalue weighted by molar-refractivity contribution is 0.152. The number of nitrogens with zero attached hydrogens (tertiary/aromatic N) is 1. The highest BCUT2D eigenvalue weighted by atomic mass is 127. The van der Waals surface area contributed by atoms with E-state index in [1.807, 2.05) is 24.3 Å². The first-order valence-electron chi connectivity index (χ1n) is 6.45. The number of rotatable bonds is 7. The first kappa shape index (κ1) is 18.9. The Morgan fingerprint density at radius 2 is 1.67 bits per heavy atom. The van der Waals surface area contributed by atoms with E-state index in [0.29, 0.717) is 0 Å². The van der Waals surface area contributed by atoms with E-state index < -0.39 is 7.60 Å². The van der Waals surface area contributed by atoms with E-state index in [9.17, 15) is 4.57 Å². The number of hydrazone groups is 1. The molecule has 0 bridgehead atoms. The fourth-order valence-corrected chi connectivity index (χ4v) is 3.51. The van der Waals surface area contributed by atoms with Crippen LogP contribution in [0.25, 0.3) is 0 Å². The molecule has 1 aromatic rings. The summed E-state index contributed by atoms with van der Waals surface area (Å²) in [5, 5.41) is 3.92. The molecule has 0 heterocycles. The zero-order valence-electron chi connectivity index (χ0n) is 12.3. The van der Waals surface area contributed by atoms with Gasteiger partial charge in [-0.3, -0.25) is 9.99 Å². The van der Waals surface area contributed by atoms with Crippen LogP contribution in [0.1, 0.15) is 27.7 Å². The van der Waals surface area contributed by atoms with Gasteiger partial charge in [0.05, 0.1) is 17.9 Å². The van der Waals surface area contributed by atoms with Crippen LogP contribution in [0.3, 0.4) is 0 Å². The van der Waals surface area contributed by atoms with Crippen LogP contribution in [0.5, 0.6) is 0 Å². The number of hydrogen-bond donors (Lipinski definition) is 1. The molecule has 21 heavy (non-hydrogen) atoms. The molecule has 8 heteroatoms. The van der Waals surface area contributed by atoms with Gasteiger partial charge in [0.25, 0.3) is 0 Å². The molecule has 0 radical (unpaired) electrons. The van der Waals surface area contributed by atoms with Gasteiger partial charge in [0, 0.05) is 3.57 Å². The van der Waals surface area contributed by atoms with Gasteiger partial charge in [-0.25, -0.2) is 0 Å². The van der Waals surface area contributed by atoms with E-state index >= 15 is 0 Å². The molecule has 0 unspecified atom stereocenters. The Balaban J connectivity index is 2.88. The van der Waals surface area contributed by atoms with Crippen molar-refractivity contribution in [3.05, 3.63) is 27.8 Å². The predicted molar refractivity (Wildman–Crippen MR) is 96.1 cm³/mol. The Morgan fingerprint density at radius 1 is 1.19 bits per heavy atom. The van der Waals surface area contributed by atoms with E-state index in [1.165, 1.54) is 0 Å². The van der Waals surface area contributed by atoms with Crippen LogP contribution < -0.4 is 5.43 Å². The molecule has 0 aliphatic carbocycles. The van der Waals surface area contributed by atoms with E-state index in [2.05, 4.69) is 33.1 Å². The van der Waals surface area contributed by atoms with Crippen molar-refractivity contribution < 1.29 is 13.6 Å². The predicted octanol–water partition coefficient (Wildman–Crippen LogP) is 5.26. The van der Waals surface area contributed by atoms with Crippen LogP contribution in [0.4, 0.5) is 5.69 Å². The summed E-state index contributed by atoms with van der Waals surface area (Å²) in [4.78, 5) is -0.219. The molecule has 0 atom stereocenters. The van der Waals surface area contributed by atoms with Crippen molar-refractivity contribution in [2.45, 2.75) is 39.9 Å². The van der Waals surface area contributed by atoms with Crippen molar-refractivity contribution in [2.24, 2.45) is 5.10 Å². The van der Waals surface area contributed by atoms with Gasteiger partial charge in [0.15, 0.2) is 0 Å². The van der Waals surface area contributed by atoms with Crippen molar-refractivity contribution in [2.75, 3.05) is 5.43 Å². The average molecular weight is 445 g/mol. The van der Waals surface area contributed by atoms with Crippen LogP contribution in [-0.2, 0) is 13.6 Å². The van der Waals surface area contributed by atoms with Crippen molar-refractivity contribution in [3.63, 3.8) is 0 Å². The molecule has 0 aromatic heterocycles. The third kappa shape index (κ3) is 6.65. The Hall–Kier alpha value is -0.140. The molecule has 1 rings (SSSR count). The largest absolute Gasteiger partial charge is 0.393 e. The second kappa shape index (κ2) is 8.48. The molecule has 1 aromatic carbocycles. The number of nitrogens with one attached hydrogen (secondary N) is 1. The maximum Gasteiger partial charge on any atom is 0.393 e. The fraction of sp³-hybridized carbons (Fsp3) is 0.462. The summed E-state index contributed by atoms with van der Waals surface area (Å²) in [5.74, 6) is 0. The van der Waals surface area contributed by atoms with E-state index in [-0.39, 0.29) is 17.1 Å². The zero-order chi connectivity index (χ0) is 16.0. The lowest BCUT2D eigenvalue weighted by Gasteiger charge is -2.21. The molecule has 0 aliphatic heterocycles. The highest BCUT2D eigenvalue weighted by molar-refractivity contribution is 14.1. The van der Waals surface area contributed by atoms with Crippen LogP contribution in [0.15, 0.2) is 29.4 Å². The first-order chi connectivity index (χ1) is 9.73. The maximum absolute atomic E-state index is 12.7. The number of halogens is 2. The van der Waals surface area contributed by atoms with Gasteiger partial charge in [-0.05, 0) is 74.6 Å². The van der Waals surface area contributed by atoms with Gasteiger partial charge in [-0.15, -0.1) is 0 Å². The lowest BCUT2D eigenvalue weighted by atomic mass is 10.3. The minimum atomic E-state index is -3.62. The van der Waals surface area contributed by atoms with E-state index in [0.717, 1.165) is 9.26 Å². The summed E-state index contributed by atoms with van der Waals surface area (Å²) in [6, 6.07) is 7.52. The fourth-order valence-electron chi connectivity index (χ4n) is 1.36. The summed E-state index contributed by atoms with van der Waals surface area (Å²) in [6.07, 6.45) is -0.589. The average Bonchev–Trinajstić information content (AvgIpc) is 2.35. The number of hydrogen-bond acceptors (Lipinski definition) is 5. The topological polar surface area (TPSA) is 59.9 Å². The van der Waals surface area contributed by atoms with Crippen molar-refractivity contribution >= 4 is 52.4 Å². The highest BCUT2D eigenvalue weighted by Crippen LogP contribution is 2.53. The van der Waals surface area contributed by atoms with Gasteiger partial charge < -0.3 is 9.05 Å². The van der Waals surface area contributed by atoms with Gasteiger partial charge in [0.2, 0.25) is 4.91 Å². The third-order valence-corrected chi connectivity index (χ3v) is 5.42. The Morgan fingerprint density at radius 3 is 2.10 bits per heavy atom. The minimum Gasteiger partial charge on any atom is -0.301 e.